The predicted molar refractivity (Wildman–Crippen MR) is 81.1 cm³/mol. The van der Waals surface area contributed by atoms with E-state index in [-0.39, 0.29) is 18.3 Å². The van der Waals surface area contributed by atoms with Gasteiger partial charge in [-0.15, -0.1) is 0 Å². The molecule has 3 aliphatic rings. The molecule has 0 aliphatic carbocycles. The molecule has 3 heterocycles. The maximum atomic E-state index is 12.9. The first-order chi connectivity index (χ1) is 11.5. The summed E-state index contributed by atoms with van der Waals surface area (Å²) in [6.07, 6.45) is 2.89. The lowest BCUT2D eigenvalue weighted by atomic mass is 9.77. The van der Waals surface area contributed by atoms with E-state index in [9.17, 15) is 19.5 Å². The van der Waals surface area contributed by atoms with Crippen molar-refractivity contribution in [3.05, 3.63) is 36.4 Å². The summed E-state index contributed by atoms with van der Waals surface area (Å²) < 4.78 is 10.7. The number of carbonyl (C=O) groups is 3. The highest BCUT2D eigenvalue weighted by atomic mass is 16.5. The van der Waals surface area contributed by atoms with Gasteiger partial charge in [-0.05, 0) is 12.1 Å². The van der Waals surface area contributed by atoms with Gasteiger partial charge in [-0.25, -0.2) is 4.90 Å². The van der Waals surface area contributed by atoms with Gasteiger partial charge in [0, 0.05) is 13.0 Å². The molecule has 2 bridgehead atoms. The highest BCUT2D eigenvalue weighted by molar-refractivity contribution is 6.23. The average Bonchev–Trinajstić information content (AvgIpc) is 3.18. The number of hydrogen-bond donors (Lipinski definition) is 1. The zero-order chi connectivity index (χ0) is 17.1. The van der Waals surface area contributed by atoms with Crippen molar-refractivity contribution < 1.29 is 29.0 Å². The van der Waals surface area contributed by atoms with Gasteiger partial charge < -0.3 is 14.6 Å². The molecule has 0 radical (unpaired) electrons. The van der Waals surface area contributed by atoms with E-state index in [4.69, 9.17) is 9.47 Å². The maximum absolute atomic E-state index is 12.9. The van der Waals surface area contributed by atoms with E-state index in [1.54, 1.807) is 30.4 Å². The average molecular weight is 329 g/mol. The normalized spacial score (nSPS) is 33.2. The fraction of sp³-hybridized carbons (Fsp3) is 0.353. The van der Waals surface area contributed by atoms with Crippen LogP contribution in [0.25, 0.3) is 0 Å². The zero-order valence-corrected chi connectivity index (χ0v) is 12.8. The van der Waals surface area contributed by atoms with E-state index in [1.807, 2.05) is 0 Å². The third-order valence-corrected chi connectivity index (χ3v) is 4.74. The molecule has 0 spiro atoms. The summed E-state index contributed by atoms with van der Waals surface area (Å²) in [6.45, 7) is 0.913. The molecule has 4 rings (SSSR count). The monoisotopic (exact) mass is 329 g/mol. The first-order valence-electron chi connectivity index (χ1n) is 7.61. The summed E-state index contributed by atoms with van der Waals surface area (Å²) in [6, 6.07) is 6.25. The minimum absolute atomic E-state index is 0.256. The van der Waals surface area contributed by atoms with Gasteiger partial charge in [0.25, 0.3) is 0 Å². The Morgan fingerprint density at radius 1 is 1.38 bits per heavy atom. The molecule has 24 heavy (non-hydrogen) atoms. The summed E-state index contributed by atoms with van der Waals surface area (Å²) in [4.78, 5) is 37.8. The number of carbonyl (C=O) groups excluding carboxylic acids is 3. The van der Waals surface area contributed by atoms with Crippen LogP contribution in [0.1, 0.15) is 6.92 Å². The van der Waals surface area contributed by atoms with Gasteiger partial charge in [0.15, 0.2) is 0 Å². The second kappa shape index (κ2) is 4.99. The van der Waals surface area contributed by atoms with Crippen molar-refractivity contribution in [2.45, 2.75) is 18.6 Å². The SMILES string of the molecule is CC(=O)Oc1cccc(N2C(=O)[C@H]3[C@H]4C=C[C@@](CO)(O4)[C@H]3C2=O)c1. The molecule has 124 valence electrons. The number of rotatable bonds is 3. The van der Waals surface area contributed by atoms with E-state index in [0.717, 1.165) is 4.90 Å². The standard InChI is InChI=1S/C17H15NO6/c1-9(20)23-11-4-2-3-10(7-11)18-15(21)13-12-5-6-17(8-19,24-12)14(13)16(18)22/h2-7,12-14,19H,8H2,1H3/t12-,13+,14-,17+/m1/s1. The number of hydrogen-bond acceptors (Lipinski definition) is 6. The molecule has 1 aromatic rings. The molecule has 2 amide bonds. The smallest absolute Gasteiger partial charge is 0.308 e. The van der Waals surface area contributed by atoms with Crippen LogP contribution in [0.2, 0.25) is 0 Å². The quantitative estimate of drug-likeness (QED) is 0.374. The van der Waals surface area contributed by atoms with E-state index in [1.165, 1.54) is 13.0 Å². The van der Waals surface area contributed by atoms with Crippen molar-refractivity contribution in [3.8, 4) is 5.75 Å². The number of anilines is 1. The van der Waals surface area contributed by atoms with Crippen molar-refractivity contribution in [1.29, 1.82) is 0 Å². The number of aliphatic hydroxyl groups excluding tert-OH is 1. The van der Waals surface area contributed by atoms with Crippen LogP contribution < -0.4 is 9.64 Å². The van der Waals surface area contributed by atoms with Crippen molar-refractivity contribution >= 4 is 23.5 Å². The summed E-state index contributed by atoms with van der Waals surface area (Å²) in [5.74, 6) is -2.38. The number of amides is 2. The number of aliphatic hydroxyl groups is 1. The molecule has 1 aromatic carbocycles. The van der Waals surface area contributed by atoms with Crippen LogP contribution in [-0.4, -0.2) is 41.2 Å². The Balaban J connectivity index is 1.71. The third-order valence-electron chi connectivity index (χ3n) is 4.74. The Kier molecular flexibility index (Phi) is 3.13. The predicted octanol–water partition coefficient (Wildman–Crippen LogP) is 0.417. The number of esters is 1. The van der Waals surface area contributed by atoms with Crippen molar-refractivity contribution in [3.63, 3.8) is 0 Å². The summed E-state index contributed by atoms with van der Waals surface area (Å²) in [7, 11) is 0. The van der Waals surface area contributed by atoms with E-state index in [2.05, 4.69) is 0 Å². The Bertz CT molecular complexity index is 787. The highest BCUT2D eigenvalue weighted by Crippen LogP contribution is 2.52. The zero-order valence-electron chi connectivity index (χ0n) is 12.8. The van der Waals surface area contributed by atoms with Gasteiger partial charge in [0.1, 0.15) is 11.4 Å². The first kappa shape index (κ1) is 15.0. The fourth-order valence-electron chi connectivity index (χ4n) is 3.79. The van der Waals surface area contributed by atoms with Crippen LogP contribution in [-0.2, 0) is 19.1 Å². The molecule has 2 fully saturated rings. The van der Waals surface area contributed by atoms with Crippen LogP contribution >= 0.6 is 0 Å². The second-order valence-corrected chi connectivity index (χ2v) is 6.16. The lowest BCUT2D eigenvalue weighted by Gasteiger charge is -2.26. The largest absolute Gasteiger partial charge is 0.427 e. The topological polar surface area (TPSA) is 93.1 Å². The van der Waals surface area contributed by atoms with Gasteiger partial charge in [-0.1, -0.05) is 18.2 Å². The molecule has 0 saturated carbocycles. The van der Waals surface area contributed by atoms with E-state index >= 15 is 0 Å². The maximum Gasteiger partial charge on any atom is 0.308 e. The van der Waals surface area contributed by atoms with Gasteiger partial charge >= 0.3 is 5.97 Å². The molecule has 0 unspecified atom stereocenters. The van der Waals surface area contributed by atoms with Gasteiger partial charge in [0.2, 0.25) is 11.8 Å². The van der Waals surface area contributed by atoms with Crippen molar-refractivity contribution in [2.24, 2.45) is 11.8 Å². The van der Waals surface area contributed by atoms with Crippen LogP contribution in [0.15, 0.2) is 36.4 Å². The number of imide groups is 1. The van der Waals surface area contributed by atoms with Crippen molar-refractivity contribution in [1.82, 2.24) is 0 Å². The minimum atomic E-state index is -1.12. The number of fused-ring (bicyclic) bond motifs is 5. The Morgan fingerprint density at radius 3 is 2.88 bits per heavy atom. The molecule has 4 atom stereocenters. The van der Waals surface area contributed by atoms with Gasteiger partial charge in [-0.2, -0.15) is 0 Å². The summed E-state index contributed by atoms with van der Waals surface area (Å²) in [5.41, 5.74) is -0.782. The second-order valence-electron chi connectivity index (χ2n) is 6.16. The molecule has 2 saturated heterocycles. The molecule has 7 nitrogen and oxygen atoms in total. The molecular weight excluding hydrogens is 314 g/mol. The molecule has 1 N–H and O–H groups in total. The van der Waals surface area contributed by atoms with Gasteiger partial charge in [0.05, 0.1) is 30.2 Å². The Hall–Kier alpha value is -2.51. The Morgan fingerprint density at radius 2 is 2.17 bits per heavy atom. The minimum Gasteiger partial charge on any atom is -0.427 e. The highest BCUT2D eigenvalue weighted by Gasteiger charge is 2.67. The van der Waals surface area contributed by atoms with Crippen molar-refractivity contribution in [2.75, 3.05) is 11.5 Å². The molecule has 3 aliphatic heterocycles. The summed E-state index contributed by atoms with van der Waals surface area (Å²) >= 11 is 0. The first-order valence-corrected chi connectivity index (χ1v) is 7.61. The fourth-order valence-corrected chi connectivity index (χ4v) is 3.79. The van der Waals surface area contributed by atoms with E-state index < -0.39 is 35.4 Å². The van der Waals surface area contributed by atoms with Crippen LogP contribution in [0.4, 0.5) is 5.69 Å². The summed E-state index contributed by atoms with van der Waals surface area (Å²) in [5, 5.41) is 9.68. The van der Waals surface area contributed by atoms with Crippen LogP contribution in [0, 0.1) is 11.8 Å². The Labute approximate surface area is 137 Å². The number of nitrogens with zero attached hydrogens (tertiary/aromatic N) is 1. The van der Waals surface area contributed by atoms with E-state index in [0.29, 0.717) is 5.69 Å². The third kappa shape index (κ3) is 1.88. The van der Waals surface area contributed by atoms with Crippen LogP contribution in [0.5, 0.6) is 5.75 Å². The van der Waals surface area contributed by atoms with Gasteiger partial charge in [-0.3, -0.25) is 14.4 Å². The lowest BCUT2D eigenvalue weighted by molar-refractivity contribution is -0.132. The molecule has 0 aromatic heterocycles. The number of ether oxygens (including phenoxy) is 2. The lowest BCUT2D eigenvalue weighted by Crippen LogP contribution is -2.43. The molecule has 7 heteroatoms. The van der Waals surface area contributed by atoms with Crippen LogP contribution in [0.3, 0.4) is 0 Å². The number of benzene rings is 1. The molecular formula is C17H15NO6.